The average Bonchev–Trinajstić information content (AvgIpc) is 3.47. The summed E-state index contributed by atoms with van der Waals surface area (Å²) >= 11 is 0. The predicted molar refractivity (Wildman–Crippen MR) is 95.3 cm³/mol. The number of piperidine rings is 1. The lowest BCUT2D eigenvalue weighted by Crippen LogP contribution is -2.45. The molecule has 10 heteroatoms. The Morgan fingerprint density at radius 2 is 1.79 bits per heavy atom. The second kappa shape index (κ2) is 7.69. The fourth-order valence-corrected chi connectivity index (χ4v) is 3.14. The summed E-state index contributed by atoms with van der Waals surface area (Å²) in [4.78, 5) is 36.8. The number of nitrogens with two attached hydrogens (primary N) is 1. The van der Waals surface area contributed by atoms with Crippen LogP contribution >= 0.6 is 0 Å². The van der Waals surface area contributed by atoms with Crippen molar-refractivity contribution in [2.45, 2.75) is 31.9 Å². The van der Waals surface area contributed by atoms with E-state index in [2.05, 4.69) is 10.6 Å². The lowest BCUT2D eigenvalue weighted by Gasteiger charge is -2.31. The molecule has 7 nitrogen and oxygen atoms in total. The van der Waals surface area contributed by atoms with E-state index in [9.17, 15) is 27.6 Å². The highest BCUT2D eigenvalue weighted by Crippen LogP contribution is 2.37. The maximum atomic E-state index is 13.5. The predicted octanol–water partition coefficient (Wildman–Crippen LogP) is 2.78. The van der Waals surface area contributed by atoms with Crippen LogP contribution in [-0.4, -0.2) is 35.8 Å². The van der Waals surface area contributed by atoms with Crippen molar-refractivity contribution >= 4 is 29.2 Å². The Balaban J connectivity index is 1.75. The van der Waals surface area contributed by atoms with Gasteiger partial charge in [-0.05, 0) is 43.9 Å². The minimum Gasteiger partial charge on any atom is -0.369 e. The molecule has 0 radical (unpaired) electrons. The SMILES string of the molecule is NC(=O)C1CCCN(C(=O)Nc2ccc(NC(=O)C3CC3)cc2C(F)(F)F)C1. The van der Waals surface area contributed by atoms with Crippen molar-refractivity contribution in [2.75, 3.05) is 23.7 Å². The van der Waals surface area contributed by atoms with Gasteiger partial charge in [0.1, 0.15) is 0 Å². The molecule has 1 aromatic carbocycles. The Kier molecular flexibility index (Phi) is 5.48. The van der Waals surface area contributed by atoms with E-state index >= 15 is 0 Å². The molecular weight excluding hydrogens is 377 g/mol. The maximum Gasteiger partial charge on any atom is 0.418 e. The maximum absolute atomic E-state index is 13.5. The Labute approximate surface area is 159 Å². The van der Waals surface area contributed by atoms with Gasteiger partial charge in [-0.15, -0.1) is 0 Å². The van der Waals surface area contributed by atoms with Crippen molar-refractivity contribution in [2.24, 2.45) is 17.6 Å². The summed E-state index contributed by atoms with van der Waals surface area (Å²) in [6, 6.07) is 2.50. The van der Waals surface area contributed by atoms with Crippen LogP contribution in [0, 0.1) is 11.8 Å². The normalized spacial score (nSPS) is 19.8. The standard InChI is InChI=1S/C18H21F3N4O3/c19-18(20,21)13-8-12(23-16(27)10-3-4-10)5-6-14(13)24-17(28)25-7-1-2-11(9-25)15(22)26/h5-6,8,10-11H,1-4,7,9H2,(H2,22,26)(H,23,27)(H,24,28). The highest BCUT2D eigenvalue weighted by Gasteiger charge is 2.36. The molecule has 1 heterocycles. The van der Waals surface area contributed by atoms with Crippen molar-refractivity contribution in [3.8, 4) is 0 Å². The largest absolute Gasteiger partial charge is 0.418 e. The van der Waals surface area contributed by atoms with Gasteiger partial charge in [0.2, 0.25) is 11.8 Å². The number of carbonyl (C=O) groups excluding carboxylic acids is 3. The lowest BCUT2D eigenvalue weighted by atomic mass is 9.98. The van der Waals surface area contributed by atoms with E-state index < -0.39 is 35.3 Å². The first-order chi connectivity index (χ1) is 13.1. The van der Waals surface area contributed by atoms with Gasteiger partial charge in [0.15, 0.2) is 0 Å². The van der Waals surface area contributed by atoms with Crippen molar-refractivity contribution in [1.29, 1.82) is 0 Å². The van der Waals surface area contributed by atoms with Gasteiger partial charge in [-0.1, -0.05) is 0 Å². The molecule has 152 valence electrons. The van der Waals surface area contributed by atoms with Gasteiger partial charge in [-0.3, -0.25) is 9.59 Å². The lowest BCUT2D eigenvalue weighted by molar-refractivity contribution is -0.137. The number of likely N-dealkylation sites (tertiary alicyclic amines) is 1. The van der Waals surface area contributed by atoms with Crippen LogP contribution in [0.3, 0.4) is 0 Å². The number of anilines is 2. The summed E-state index contributed by atoms with van der Waals surface area (Å²) in [7, 11) is 0. The number of nitrogens with zero attached hydrogens (tertiary/aromatic N) is 1. The van der Waals surface area contributed by atoms with Crippen LogP contribution in [0.5, 0.6) is 0 Å². The zero-order chi connectivity index (χ0) is 20.5. The molecule has 1 unspecified atom stereocenters. The van der Waals surface area contributed by atoms with Gasteiger partial charge in [0.05, 0.1) is 17.2 Å². The Morgan fingerprint density at radius 3 is 2.39 bits per heavy atom. The molecule has 3 rings (SSSR count). The minimum absolute atomic E-state index is 0.0222. The van der Waals surface area contributed by atoms with Crippen LogP contribution in [0.15, 0.2) is 18.2 Å². The molecule has 28 heavy (non-hydrogen) atoms. The average molecular weight is 398 g/mol. The van der Waals surface area contributed by atoms with E-state index in [-0.39, 0.29) is 24.1 Å². The summed E-state index contributed by atoms with van der Waals surface area (Å²) in [5.74, 6) is -1.51. The first-order valence-corrected chi connectivity index (χ1v) is 9.02. The number of hydrogen-bond donors (Lipinski definition) is 3. The van der Waals surface area contributed by atoms with Gasteiger partial charge in [-0.2, -0.15) is 13.2 Å². The van der Waals surface area contributed by atoms with E-state index in [0.717, 1.165) is 25.0 Å². The van der Waals surface area contributed by atoms with Gasteiger partial charge >= 0.3 is 12.2 Å². The fourth-order valence-electron chi connectivity index (χ4n) is 3.14. The third-order valence-electron chi connectivity index (χ3n) is 4.89. The molecule has 1 saturated carbocycles. The number of urea groups is 1. The minimum atomic E-state index is -4.72. The van der Waals surface area contributed by atoms with Gasteiger partial charge in [0, 0.05) is 24.7 Å². The molecule has 4 N–H and O–H groups in total. The van der Waals surface area contributed by atoms with Crippen molar-refractivity contribution in [1.82, 2.24) is 4.90 Å². The van der Waals surface area contributed by atoms with Crippen LogP contribution < -0.4 is 16.4 Å². The van der Waals surface area contributed by atoms with Gasteiger partial charge in [0.25, 0.3) is 0 Å². The van der Waals surface area contributed by atoms with E-state index in [1.807, 2.05) is 0 Å². The van der Waals surface area contributed by atoms with E-state index in [0.29, 0.717) is 19.4 Å². The van der Waals surface area contributed by atoms with E-state index in [1.165, 1.54) is 11.0 Å². The van der Waals surface area contributed by atoms with Gasteiger partial charge < -0.3 is 21.3 Å². The molecule has 2 aliphatic rings. The molecule has 0 spiro atoms. The number of halogens is 3. The Bertz CT molecular complexity index is 793. The second-order valence-electron chi connectivity index (χ2n) is 7.14. The number of carbonyl (C=O) groups is 3. The summed E-state index contributed by atoms with van der Waals surface area (Å²) in [5.41, 5.74) is 3.82. The van der Waals surface area contributed by atoms with Crippen LogP contribution in [0.1, 0.15) is 31.2 Å². The van der Waals surface area contributed by atoms with Crippen LogP contribution in [0.2, 0.25) is 0 Å². The topological polar surface area (TPSA) is 105 Å². The fraction of sp³-hybridized carbons (Fsp3) is 0.500. The van der Waals surface area contributed by atoms with Gasteiger partial charge in [-0.25, -0.2) is 4.79 Å². The molecule has 1 aromatic rings. The van der Waals surface area contributed by atoms with Crippen molar-refractivity contribution in [3.63, 3.8) is 0 Å². The number of hydrogen-bond acceptors (Lipinski definition) is 3. The molecule has 0 bridgehead atoms. The summed E-state index contributed by atoms with van der Waals surface area (Å²) in [6.45, 7) is 0.393. The van der Waals surface area contributed by atoms with Crippen molar-refractivity contribution < 1.29 is 27.6 Å². The van der Waals surface area contributed by atoms with E-state index in [4.69, 9.17) is 5.73 Å². The third kappa shape index (κ3) is 4.73. The zero-order valence-corrected chi connectivity index (χ0v) is 15.0. The highest BCUT2D eigenvalue weighted by molar-refractivity contribution is 5.95. The summed E-state index contributed by atoms with van der Waals surface area (Å²) in [5, 5.41) is 4.73. The summed E-state index contributed by atoms with van der Waals surface area (Å²) < 4.78 is 40.4. The van der Waals surface area contributed by atoms with E-state index in [1.54, 1.807) is 0 Å². The quantitative estimate of drug-likeness (QED) is 0.726. The zero-order valence-electron chi connectivity index (χ0n) is 15.0. The number of nitrogens with one attached hydrogen (secondary N) is 2. The molecular formula is C18H21F3N4O3. The number of alkyl halides is 3. The molecule has 1 aliphatic carbocycles. The summed E-state index contributed by atoms with van der Waals surface area (Å²) in [6.07, 6.45) is -2.18. The number of primary amides is 1. The third-order valence-corrected chi connectivity index (χ3v) is 4.89. The molecule has 0 aromatic heterocycles. The number of benzene rings is 1. The highest BCUT2D eigenvalue weighted by atomic mass is 19.4. The molecule has 1 atom stereocenters. The molecule has 4 amide bonds. The molecule has 1 saturated heterocycles. The van der Waals surface area contributed by atoms with Crippen molar-refractivity contribution in [3.05, 3.63) is 23.8 Å². The molecule has 1 aliphatic heterocycles. The Hall–Kier alpha value is -2.78. The number of amides is 4. The number of rotatable bonds is 4. The molecule has 2 fully saturated rings. The first-order valence-electron chi connectivity index (χ1n) is 9.02. The smallest absolute Gasteiger partial charge is 0.369 e. The van der Waals surface area contributed by atoms with Crippen LogP contribution in [-0.2, 0) is 15.8 Å². The first kappa shape index (κ1) is 20.0. The monoisotopic (exact) mass is 398 g/mol. The van der Waals surface area contributed by atoms with Crippen LogP contribution in [0.4, 0.5) is 29.3 Å². The van der Waals surface area contributed by atoms with Crippen LogP contribution in [0.25, 0.3) is 0 Å². The second-order valence-corrected chi connectivity index (χ2v) is 7.14. The Morgan fingerprint density at radius 1 is 1.07 bits per heavy atom.